The predicted octanol–water partition coefficient (Wildman–Crippen LogP) is 9.19. The Bertz CT molecular complexity index is 1350. The molecule has 2 unspecified atom stereocenters. The Labute approximate surface area is 262 Å². The van der Waals surface area contributed by atoms with E-state index < -0.39 is 32.3 Å². The number of hydrogen-bond acceptors (Lipinski definition) is 5. The molecule has 0 radical (unpaired) electrons. The predicted molar refractivity (Wildman–Crippen MR) is 179 cm³/mol. The van der Waals surface area contributed by atoms with E-state index in [0.717, 1.165) is 42.2 Å². The summed E-state index contributed by atoms with van der Waals surface area (Å²) in [6, 6.07) is 14.0. The fourth-order valence-corrected chi connectivity index (χ4v) is 8.46. The first-order chi connectivity index (χ1) is 20.5. The number of sulfonamides is 1. The molecule has 6 nitrogen and oxygen atoms in total. The maximum atomic E-state index is 13.9. The van der Waals surface area contributed by atoms with Crippen molar-refractivity contribution in [3.05, 3.63) is 66.2 Å². The topological polar surface area (TPSA) is 80.8 Å². The molecule has 0 aliphatic carbocycles. The summed E-state index contributed by atoms with van der Waals surface area (Å²) in [6.45, 7) is 8.46. The van der Waals surface area contributed by atoms with E-state index in [4.69, 9.17) is 4.18 Å². The molecule has 0 saturated carbocycles. The van der Waals surface area contributed by atoms with E-state index in [2.05, 4.69) is 13.5 Å². The molecule has 0 fully saturated rings. The third-order valence-electron chi connectivity index (χ3n) is 8.44. The van der Waals surface area contributed by atoms with Gasteiger partial charge in [-0.25, -0.2) is 8.42 Å². The molecule has 1 aliphatic rings. The highest BCUT2D eigenvalue weighted by atomic mass is 32.2. The van der Waals surface area contributed by atoms with Crippen molar-refractivity contribution in [1.29, 1.82) is 0 Å². The summed E-state index contributed by atoms with van der Waals surface area (Å²) in [5, 5.41) is 0. The van der Waals surface area contributed by atoms with Crippen LogP contribution in [0.4, 0.5) is 5.69 Å². The smallest absolute Gasteiger partial charge is 0.264 e. The summed E-state index contributed by atoms with van der Waals surface area (Å²) < 4.78 is 58.8. The number of aryl methyl sites for hydroxylation is 1. The minimum absolute atomic E-state index is 0.248. The zero-order valence-electron chi connectivity index (χ0n) is 26.6. The summed E-state index contributed by atoms with van der Waals surface area (Å²) in [7, 11) is -7.41. The second-order valence-electron chi connectivity index (χ2n) is 12.2. The van der Waals surface area contributed by atoms with Gasteiger partial charge >= 0.3 is 0 Å². The second-order valence-corrected chi connectivity index (χ2v) is 15.6. The van der Waals surface area contributed by atoms with E-state index in [9.17, 15) is 16.8 Å². The van der Waals surface area contributed by atoms with Crippen LogP contribution < -0.4 is 4.31 Å². The number of nitrogens with zero attached hydrogens (tertiary/aromatic N) is 1. The minimum Gasteiger partial charge on any atom is -0.267 e. The minimum atomic E-state index is -3.82. The van der Waals surface area contributed by atoms with Crippen LogP contribution in [0, 0.1) is 6.92 Å². The Kier molecular flexibility index (Phi) is 14.3. The molecule has 240 valence electrons. The van der Waals surface area contributed by atoms with E-state index in [1.165, 1.54) is 62.1 Å². The lowest BCUT2D eigenvalue weighted by Gasteiger charge is -2.28. The first-order valence-electron chi connectivity index (χ1n) is 16.3. The van der Waals surface area contributed by atoms with Crippen LogP contribution in [-0.2, 0) is 24.3 Å². The number of fused-ring (bicyclic) bond motifs is 1. The highest BCUT2D eigenvalue weighted by Gasteiger charge is 2.40. The van der Waals surface area contributed by atoms with Gasteiger partial charge in [0.2, 0.25) is 0 Å². The van der Waals surface area contributed by atoms with Gasteiger partial charge in [0.25, 0.3) is 20.1 Å². The van der Waals surface area contributed by atoms with E-state index in [1.807, 2.05) is 31.2 Å². The van der Waals surface area contributed by atoms with Crippen molar-refractivity contribution < 1.29 is 21.0 Å². The molecular formula is C35H53NO5S2. The highest BCUT2D eigenvalue weighted by molar-refractivity contribution is 7.93. The molecule has 0 spiro atoms. The van der Waals surface area contributed by atoms with Crippen LogP contribution in [0.3, 0.4) is 0 Å². The summed E-state index contributed by atoms with van der Waals surface area (Å²) in [6.07, 6.45) is 18.1. The third-order valence-corrected chi connectivity index (χ3v) is 10.9. The van der Waals surface area contributed by atoms with Crippen molar-refractivity contribution in [2.75, 3.05) is 10.6 Å². The standard InChI is InChI=1S/C35H53NO5S2/c1-5-6-7-8-9-10-11-12-13-14-15-16-20-31(41-42(4,37)38)21-19-24-34-30(3)33-22-17-18-23-35(33)36(34)43(39,40)32-27-25-29(2)26-28-32/h17-18,22-23,25-28,31,34H,3,5-16,19-21,24H2,1-2,4H3. The molecule has 2 aromatic carbocycles. The van der Waals surface area contributed by atoms with Gasteiger partial charge in [-0.15, -0.1) is 0 Å². The lowest BCUT2D eigenvalue weighted by atomic mass is 9.98. The molecule has 0 saturated heterocycles. The molecule has 1 aliphatic heterocycles. The molecule has 43 heavy (non-hydrogen) atoms. The quantitative estimate of drug-likeness (QED) is 0.101. The summed E-state index contributed by atoms with van der Waals surface area (Å²) in [4.78, 5) is 0.248. The van der Waals surface area contributed by atoms with Gasteiger partial charge in [-0.2, -0.15) is 8.42 Å². The lowest BCUT2D eigenvalue weighted by molar-refractivity contribution is 0.182. The van der Waals surface area contributed by atoms with Crippen LogP contribution in [0.5, 0.6) is 0 Å². The molecule has 2 aromatic rings. The largest absolute Gasteiger partial charge is 0.267 e. The van der Waals surface area contributed by atoms with E-state index in [0.29, 0.717) is 31.4 Å². The van der Waals surface area contributed by atoms with Crippen LogP contribution in [0.25, 0.3) is 5.57 Å². The van der Waals surface area contributed by atoms with Gasteiger partial charge in [-0.05, 0) is 56.4 Å². The van der Waals surface area contributed by atoms with Gasteiger partial charge in [0.1, 0.15) is 0 Å². The maximum Gasteiger partial charge on any atom is 0.264 e. The number of rotatable bonds is 21. The second kappa shape index (κ2) is 17.4. The molecule has 0 amide bonds. The van der Waals surface area contributed by atoms with E-state index in [1.54, 1.807) is 24.3 Å². The lowest BCUT2D eigenvalue weighted by Crippen LogP contribution is -2.37. The number of hydrogen-bond donors (Lipinski definition) is 0. The van der Waals surface area contributed by atoms with Gasteiger partial charge in [-0.3, -0.25) is 8.49 Å². The molecule has 0 aromatic heterocycles. The number of unbranched alkanes of at least 4 members (excludes halogenated alkanes) is 11. The summed E-state index contributed by atoms with van der Waals surface area (Å²) in [5.74, 6) is 0. The zero-order valence-corrected chi connectivity index (χ0v) is 28.2. The number of anilines is 1. The zero-order chi connectivity index (χ0) is 31.3. The van der Waals surface area contributed by atoms with E-state index >= 15 is 0 Å². The van der Waals surface area contributed by atoms with Crippen LogP contribution in [0.2, 0.25) is 0 Å². The van der Waals surface area contributed by atoms with Crippen LogP contribution >= 0.6 is 0 Å². The van der Waals surface area contributed by atoms with Crippen molar-refractivity contribution in [3.8, 4) is 0 Å². The van der Waals surface area contributed by atoms with Crippen LogP contribution in [-0.4, -0.2) is 35.2 Å². The molecular weight excluding hydrogens is 579 g/mol. The van der Waals surface area contributed by atoms with Crippen molar-refractivity contribution >= 4 is 31.4 Å². The van der Waals surface area contributed by atoms with Crippen molar-refractivity contribution in [2.45, 2.75) is 134 Å². The first-order valence-corrected chi connectivity index (χ1v) is 19.6. The van der Waals surface area contributed by atoms with E-state index in [-0.39, 0.29) is 4.90 Å². The molecule has 0 bridgehead atoms. The Balaban J connectivity index is 1.53. The van der Waals surface area contributed by atoms with Crippen molar-refractivity contribution in [1.82, 2.24) is 0 Å². The number of para-hydroxylation sites is 1. The summed E-state index contributed by atoms with van der Waals surface area (Å²) >= 11 is 0. The van der Waals surface area contributed by atoms with Gasteiger partial charge in [-0.1, -0.05) is 126 Å². The van der Waals surface area contributed by atoms with Crippen molar-refractivity contribution in [2.24, 2.45) is 0 Å². The molecule has 8 heteroatoms. The van der Waals surface area contributed by atoms with Crippen LogP contribution in [0.15, 0.2) is 60.0 Å². The average molecular weight is 632 g/mol. The van der Waals surface area contributed by atoms with Crippen molar-refractivity contribution in [3.63, 3.8) is 0 Å². The monoisotopic (exact) mass is 631 g/mol. The molecule has 3 rings (SSSR count). The van der Waals surface area contributed by atoms with Gasteiger partial charge in [0.05, 0.1) is 29.0 Å². The summed E-state index contributed by atoms with van der Waals surface area (Å²) in [5.41, 5.74) is 3.24. The Morgan fingerprint density at radius 3 is 1.88 bits per heavy atom. The van der Waals surface area contributed by atoms with Crippen LogP contribution in [0.1, 0.15) is 121 Å². The first kappa shape index (κ1) is 35.3. The highest BCUT2D eigenvalue weighted by Crippen LogP contribution is 2.44. The normalized spacial score (nSPS) is 16.0. The van der Waals surface area contributed by atoms with Gasteiger partial charge < -0.3 is 0 Å². The molecule has 1 heterocycles. The fourth-order valence-electron chi connectivity index (χ4n) is 6.08. The Morgan fingerprint density at radius 1 is 0.767 bits per heavy atom. The van der Waals surface area contributed by atoms with Gasteiger partial charge in [0, 0.05) is 5.56 Å². The molecule has 2 atom stereocenters. The SMILES string of the molecule is C=C1c2ccccc2N(S(=O)(=O)c2ccc(C)cc2)C1CCCC(CCCCCCCCCCCCCC)OS(C)(=O)=O. The maximum absolute atomic E-state index is 13.9. The fraction of sp³-hybridized carbons (Fsp3) is 0.600. The average Bonchev–Trinajstić information content (AvgIpc) is 3.25. The Morgan fingerprint density at radius 2 is 1.30 bits per heavy atom. The molecule has 0 N–H and O–H groups in total. The Hall–Kier alpha value is -2.16. The number of benzene rings is 2. The third kappa shape index (κ3) is 11.1. The van der Waals surface area contributed by atoms with Gasteiger partial charge in [0.15, 0.2) is 0 Å².